The molecule has 6 heteroatoms. The molecule has 0 radical (unpaired) electrons. The third-order valence-electron chi connectivity index (χ3n) is 4.88. The number of amides is 1. The predicted octanol–water partition coefficient (Wildman–Crippen LogP) is 2.74. The van der Waals surface area contributed by atoms with Gasteiger partial charge in [-0.2, -0.15) is 0 Å². The molecule has 0 unspecified atom stereocenters. The summed E-state index contributed by atoms with van der Waals surface area (Å²) in [6.45, 7) is 2.66. The third-order valence-corrected chi connectivity index (χ3v) is 4.88. The maximum Gasteiger partial charge on any atom is 0.254 e. The van der Waals surface area contributed by atoms with Crippen LogP contribution in [0.5, 0.6) is 5.75 Å². The molecular weight excluding hydrogens is 352 g/mol. The average Bonchev–Trinajstić information content (AvgIpc) is 2.74. The first-order valence-electron chi connectivity index (χ1n) is 9.38. The van der Waals surface area contributed by atoms with E-state index >= 15 is 0 Å². The number of hydrogen-bond acceptors (Lipinski definition) is 5. The zero-order chi connectivity index (χ0) is 19.3. The highest BCUT2D eigenvalue weighted by atomic mass is 16.3. The summed E-state index contributed by atoms with van der Waals surface area (Å²) >= 11 is 0. The Hall–Kier alpha value is -3.41. The number of carbonyl (C=O) groups is 1. The molecule has 1 N–H and O–H groups in total. The maximum atomic E-state index is 12.6. The second kappa shape index (κ2) is 8.08. The topological polar surface area (TPSA) is 69.6 Å². The molecule has 2 aromatic carbocycles. The van der Waals surface area contributed by atoms with Crippen LogP contribution in [0, 0.1) is 0 Å². The van der Waals surface area contributed by atoms with E-state index in [0.29, 0.717) is 38.2 Å². The number of carbonyl (C=O) groups excluding carboxylic acids is 1. The number of phenols is 1. The SMILES string of the molecule is O=C(c1cccc(O)c1)N1CCN(c2ccnc(Cc3ccccc3)n2)CC1. The predicted molar refractivity (Wildman–Crippen MR) is 108 cm³/mol. The molecule has 3 aromatic rings. The van der Waals surface area contributed by atoms with E-state index in [9.17, 15) is 9.90 Å². The zero-order valence-electron chi connectivity index (χ0n) is 15.5. The molecule has 0 aliphatic carbocycles. The fourth-order valence-electron chi connectivity index (χ4n) is 3.39. The number of aromatic nitrogens is 2. The molecule has 0 spiro atoms. The van der Waals surface area contributed by atoms with Crippen LogP contribution in [0.3, 0.4) is 0 Å². The molecule has 28 heavy (non-hydrogen) atoms. The number of nitrogens with zero attached hydrogens (tertiary/aromatic N) is 4. The van der Waals surface area contributed by atoms with Crippen molar-refractivity contribution in [1.82, 2.24) is 14.9 Å². The first-order chi connectivity index (χ1) is 13.7. The fourth-order valence-corrected chi connectivity index (χ4v) is 3.39. The summed E-state index contributed by atoms with van der Waals surface area (Å²) in [4.78, 5) is 25.7. The number of hydrogen-bond donors (Lipinski definition) is 1. The maximum absolute atomic E-state index is 12.6. The van der Waals surface area contributed by atoms with Gasteiger partial charge in [0.05, 0.1) is 0 Å². The fraction of sp³-hybridized carbons (Fsp3) is 0.227. The monoisotopic (exact) mass is 374 g/mol. The second-order valence-corrected chi connectivity index (χ2v) is 6.82. The van der Waals surface area contributed by atoms with Gasteiger partial charge in [0.1, 0.15) is 17.4 Å². The number of rotatable bonds is 4. The lowest BCUT2D eigenvalue weighted by molar-refractivity contribution is 0.0746. The minimum Gasteiger partial charge on any atom is -0.508 e. The van der Waals surface area contributed by atoms with Crippen molar-refractivity contribution in [2.75, 3.05) is 31.1 Å². The highest BCUT2D eigenvalue weighted by molar-refractivity contribution is 5.94. The van der Waals surface area contributed by atoms with Gasteiger partial charge in [-0.25, -0.2) is 9.97 Å². The number of aromatic hydroxyl groups is 1. The summed E-state index contributed by atoms with van der Waals surface area (Å²) in [5, 5.41) is 9.59. The molecule has 142 valence electrons. The van der Waals surface area contributed by atoms with Crippen molar-refractivity contribution < 1.29 is 9.90 Å². The van der Waals surface area contributed by atoms with E-state index in [1.807, 2.05) is 29.2 Å². The van der Waals surface area contributed by atoms with Gasteiger partial charge in [-0.15, -0.1) is 0 Å². The Morgan fingerprint density at radius 2 is 1.75 bits per heavy atom. The molecule has 1 saturated heterocycles. The van der Waals surface area contributed by atoms with Crippen LogP contribution in [-0.4, -0.2) is 52.1 Å². The quantitative estimate of drug-likeness (QED) is 0.760. The number of piperazine rings is 1. The lowest BCUT2D eigenvalue weighted by Crippen LogP contribution is -2.49. The standard InChI is InChI=1S/C22H22N4O2/c27-19-8-4-7-18(16-19)22(28)26-13-11-25(12-14-26)21-9-10-23-20(24-21)15-17-5-2-1-3-6-17/h1-10,16,27H,11-15H2. The molecule has 0 saturated carbocycles. The Balaban J connectivity index is 1.40. The Labute approximate surface area is 164 Å². The van der Waals surface area contributed by atoms with Crippen LogP contribution in [-0.2, 0) is 6.42 Å². The third kappa shape index (κ3) is 4.11. The minimum absolute atomic E-state index is 0.0528. The molecule has 6 nitrogen and oxygen atoms in total. The molecule has 1 aliphatic heterocycles. The van der Waals surface area contributed by atoms with Gasteiger partial charge in [0, 0.05) is 44.4 Å². The van der Waals surface area contributed by atoms with E-state index < -0.39 is 0 Å². The lowest BCUT2D eigenvalue weighted by atomic mass is 10.1. The van der Waals surface area contributed by atoms with E-state index in [1.54, 1.807) is 24.4 Å². The van der Waals surface area contributed by atoms with Gasteiger partial charge in [-0.3, -0.25) is 4.79 Å². The highest BCUT2D eigenvalue weighted by Crippen LogP contribution is 2.18. The summed E-state index contributed by atoms with van der Waals surface area (Å²) in [5.74, 6) is 1.74. The molecule has 2 heterocycles. The van der Waals surface area contributed by atoms with E-state index in [-0.39, 0.29) is 11.7 Å². The highest BCUT2D eigenvalue weighted by Gasteiger charge is 2.23. The summed E-state index contributed by atoms with van der Waals surface area (Å²) < 4.78 is 0. The number of benzene rings is 2. The van der Waals surface area contributed by atoms with Gasteiger partial charge in [0.2, 0.25) is 0 Å². The zero-order valence-corrected chi connectivity index (χ0v) is 15.5. The van der Waals surface area contributed by atoms with Crippen LogP contribution in [0.25, 0.3) is 0 Å². The molecule has 0 atom stereocenters. The van der Waals surface area contributed by atoms with Gasteiger partial charge in [0.25, 0.3) is 5.91 Å². The Bertz CT molecular complexity index is 954. The van der Waals surface area contributed by atoms with E-state index in [1.165, 1.54) is 11.6 Å². The Kier molecular flexibility index (Phi) is 5.19. The molecule has 1 aliphatic rings. The Morgan fingerprint density at radius 1 is 0.964 bits per heavy atom. The van der Waals surface area contributed by atoms with Crippen LogP contribution in [0.1, 0.15) is 21.7 Å². The van der Waals surface area contributed by atoms with E-state index in [4.69, 9.17) is 4.98 Å². The van der Waals surface area contributed by atoms with Crippen molar-refractivity contribution in [3.63, 3.8) is 0 Å². The summed E-state index contributed by atoms with van der Waals surface area (Å²) in [6.07, 6.45) is 2.50. The van der Waals surface area contributed by atoms with E-state index in [2.05, 4.69) is 22.0 Å². The summed E-state index contributed by atoms with van der Waals surface area (Å²) in [6, 6.07) is 18.6. The van der Waals surface area contributed by atoms with Gasteiger partial charge in [-0.05, 0) is 29.8 Å². The second-order valence-electron chi connectivity index (χ2n) is 6.82. The van der Waals surface area contributed by atoms with Gasteiger partial charge >= 0.3 is 0 Å². The molecule has 1 amide bonds. The number of phenolic OH excluding ortho intramolecular Hbond substituents is 1. The summed E-state index contributed by atoms with van der Waals surface area (Å²) in [5.41, 5.74) is 1.70. The van der Waals surface area contributed by atoms with Gasteiger partial charge in [0.15, 0.2) is 0 Å². The molecule has 4 rings (SSSR count). The van der Waals surface area contributed by atoms with Crippen molar-refractivity contribution in [1.29, 1.82) is 0 Å². The normalized spacial score (nSPS) is 14.1. The lowest BCUT2D eigenvalue weighted by Gasteiger charge is -2.35. The van der Waals surface area contributed by atoms with Crippen LogP contribution < -0.4 is 4.90 Å². The van der Waals surface area contributed by atoms with Crippen molar-refractivity contribution in [2.45, 2.75) is 6.42 Å². The molecule has 1 fully saturated rings. The minimum atomic E-state index is -0.0528. The number of anilines is 1. The molecule has 0 bridgehead atoms. The van der Waals surface area contributed by atoms with Crippen molar-refractivity contribution in [3.8, 4) is 5.75 Å². The van der Waals surface area contributed by atoms with Crippen molar-refractivity contribution in [2.24, 2.45) is 0 Å². The van der Waals surface area contributed by atoms with Crippen molar-refractivity contribution >= 4 is 11.7 Å². The van der Waals surface area contributed by atoms with Gasteiger partial charge < -0.3 is 14.9 Å². The van der Waals surface area contributed by atoms with Crippen molar-refractivity contribution in [3.05, 3.63) is 83.8 Å². The largest absolute Gasteiger partial charge is 0.508 e. The summed E-state index contributed by atoms with van der Waals surface area (Å²) in [7, 11) is 0. The first-order valence-corrected chi connectivity index (χ1v) is 9.38. The van der Waals surface area contributed by atoms with E-state index in [0.717, 1.165) is 11.6 Å². The first kappa shape index (κ1) is 18.0. The molecular formula is C22H22N4O2. The van der Waals surface area contributed by atoms with Crippen LogP contribution >= 0.6 is 0 Å². The van der Waals surface area contributed by atoms with Crippen LogP contribution in [0.15, 0.2) is 66.9 Å². The van der Waals surface area contributed by atoms with Gasteiger partial charge in [-0.1, -0.05) is 36.4 Å². The van der Waals surface area contributed by atoms with Crippen LogP contribution in [0.2, 0.25) is 0 Å². The van der Waals surface area contributed by atoms with Crippen LogP contribution in [0.4, 0.5) is 5.82 Å². The smallest absolute Gasteiger partial charge is 0.254 e. The Morgan fingerprint density at radius 3 is 2.50 bits per heavy atom. The average molecular weight is 374 g/mol. The molecule has 1 aromatic heterocycles.